The van der Waals surface area contributed by atoms with Crippen molar-refractivity contribution in [1.82, 2.24) is 14.9 Å². The molecule has 1 saturated carbocycles. The summed E-state index contributed by atoms with van der Waals surface area (Å²) in [6.45, 7) is 3.19. The molecule has 0 spiro atoms. The van der Waals surface area contributed by atoms with E-state index in [0.717, 1.165) is 24.7 Å². The second-order valence-electron chi connectivity index (χ2n) is 6.15. The molecule has 22 heavy (non-hydrogen) atoms. The number of carbonyl (C=O) groups excluding carboxylic acids is 1. The summed E-state index contributed by atoms with van der Waals surface area (Å²) in [5, 5.41) is 0. The molecule has 1 aliphatic heterocycles. The zero-order chi connectivity index (χ0) is 15.5. The maximum atomic E-state index is 11.0. The van der Waals surface area contributed by atoms with Crippen molar-refractivity contribution in [2.75, 3.05) is 44.7 Å². The molecule has 7 nitrogen and oxygen atoms in total. The van der Waals surface area contributed by atoms with E-state index >= 15 is 0 Å². The van der Waals surface area contributed by atoms with Gasteiger partial charge in [-0.25, -0.2) is 9.97 Å². The number of likely N-dealkylation sites (N-methyl/N-ethyl adjacent to an activating group) is 1. The lowest BCUT2D eigenvalue weighted by Gasteiger charge is -2.35. The number of rotatable bonds is 6. The van der Waals surface area contributed by atoms with Gasteiger partial charge in [-0.2, -0.15) is 0 Å². The van der Waals surface area contributed by atoms with Crippen LogP contribution in [0.4, 0.5) is 5.82 Å². The Balaban J connectivity index is 1.60. The zero-order valence-electron chi connectivity index (χ0n) is 12.9. The predicted octanol–water partition coefficient (Wildman–Crippen LogP) is -0.0237. The van der Waals surface area contributed by atoms with Gasteiger partial charge in [-0.3, -0.25) is 9.69 Å². The Morgan fingerprint density at radius 3 is 3.09 bits per heavy atom. The van der Waals surface area contributed by atoms with Crippen molar-refractivity contribution in [3.8, 4) is 0 Å². The van der Waals surface area contributed by atoms with Gasteiger partial charge in [-0.05, 0) is 26.0 Å². The third-order valence-electron chi connectivity index (χ3n) is 4.01. The van der Waals surface area contributed by atoms with Crippen molar-refractivity contribution in [2.24, 2.45) is 5.73 Å². The van der Waals surface area contributed by atoms with E-state index in [9.17, 15) is 4.79 Å². The zero-order valence-corrected chi connectivity index (χ0v) is 12.9. The summed E-state index contributed by atoms with van der Waals surface area (Å²) in [6.07, 6.45) is 4.30. The van der Waals surface area contributed by atoms with Gasteiger partial charge < -0.3 is 15.4 Å². The summed E-state index contributed by atoms with van der Waals surface area (Å²) in [4.78, 5) is 24.1. The topological polar surface area (TPSA) is 84.6 Å². The molecule has 1 atom stereocenters. The number of primary amides is 1. The first kappa shape index (κ1) is 15.2. The minimum absolute atomic E-state index is 0.0532. The highest BCUT2D eigenvalue weighted by Crippen LogP contribution is 2.38. The van der Waals surface area contributed by atoms with E-state index in [1.54, 1.807) is 0 Å². The molecule has 1 aliphatic carbocycles. The number of hydrogen-bond acceptors (Lipinski definition) is 6. The summed E-state index contributed by atoms with van der Waals surface area (Å²) in [6, 6.07) is 1.96. The van der Waals surface area contributed by atoms with Gasteiger partial charge in [0.15, 0.2) is 0 Å². The molecule has 7 heteroatoms. The number of anilines is 1. The minimum Gasteiger partial charge on any atom is -0.373 e. The molecular weight excluding hydrogens is 282 g/mol. The quantitative estimate of drug-likeness (QED) is 0.795. The van der Waals surface area contributed by atoms with Crippen molar-refractivity contribution in [3.05, 3.63) is 18.1 Å². The van der Waals surface area contributed by atoms with Crippen LogP contribution < -0.4 is 10.6 Å². The summed E-state index contributed by atoms with van der Waals surface area (Å²) in [5.41, 5.74) is 5.22. The molecule has 2 fully saturated rings. The fourth-order valence-electron chi connectivity index (χ4n) is 2.79. The van der Waals surface area contributed by atoms with Crippen LogP contribution in [0.3, 0.4) is 0 Å². The fraction of sp³-hybridized carbons (Fsp3) is 0.667. The molecule has 1 saturated heterocycles. The molecule has 120 valence electrons. The molecule has 2 heterocycles. The third kappa shape index (κ3) is 3.92. The van der Waals surface area contributed by atoms with E-state index in [2.05, 4.69) is 9.88 Å². The first-order valence-corrected chi connectivity index (χ1v) is 7.78. The first-order valence-electron chi connectivity index (χ1n) is 7.78. The number of aromatic nitrogens is 2. The number of amides is 1. The molecule has 2 N–H and O–H groups in total. The Morgan fingerprint density at radius 2 is 2.36 bits per heavy atom. The second-order valence-corrected chi connectivity index (χ2v) is 6.15. The van der Waals surface area contributed by atoms with Crippen LogP contribution in [-0.4, -0.2) is 66.7 Å². The van der Waals surface area contributed by atoms with Crippen LogP contribution in [-0.2, 0) is 9.53 Å². The molecule has 0 bridgehead atoms. The lowest BCUT2D eigenvalue weighted by Crippen LogP contribution is -2.48. The Labute approximate surface area is 130 Å². The summed E-state index contributed by atoms with van der Waals surface area (Å²) in [5.74, 6) is 2.17. The summed E-state index contributed by atoms with van der Waals surface area (Å²) >= 11 is 0. The Hall–Kier alpha value is -1.73. The van der Waals surface area contributed by atoms with Gasteiger partial charge in [0.1, 0.15) is 11.6 Å². The Kier molecular flexibility index (Phi) is 4.54. The average Bonchev–Trinajstić information content (AvgIpc) is 3.31. The van der Waals surface area contributed by atoms with Crippen molar-refractivity contribution in [2.45, 2.75) is 24.9 Å². The molecule has 0 aromatic carbocycles. The van der Waals surface area contributed by atoms with Crippen LogP contribution in [0.2, 0.25) is 0 Å². The van der Waals surface area contributed by atoms with E-state index in [4.69, 9.17) is 15.5 Å². The highest BCUT2D eigenvalue weighted by molar-refractivity contribution is 5.75. The number of morpholine rings is 1. The van der Waals surface area contributed by atoms with E-state index in [0.29, 0.717) is 19.1 Å². The van der Waals surface area contributed by atoms with Crippen LogP contribution in [0, 0.1) is 0 Å². The monoisotopic (exact) mass is 305 g/mol. The van der Waals surface area contributed by atoms with E-state index in [1.807, 2.05) is 24.2 Å². The summed E-state index contributed by atoms with van der Waals surface area (Å²) in [7, 11) is 1.88. The highest BCUT2D eigenvalue weighted by atomic mass is 16.5. The molecule has 2 aliphatic rings. The fourth-order valence-corrected chi connectivity index (χ4v) is 2.79. The second kappa shape index (κ2) is 6.58. The maximum absolute atomic E-state index is 11.0. The van der Waals surface area contributed by atoms with Crippen molar-refractivity contribution in [3.63, 3.8) is 0 Å². The average molecular weight is 305 g/mol. The van der Waals surface area contributed by atoms with Gasteiger partial charge in [0, 0.05) is 31.7 Å². The van der Waals surface area contributed by atoms with Crippen molar-refractivity contribution < 1.29 is 9.53 Å². The molecule has 1 amide bonds. The number of nitrogens with zero attached hydrogens (tertiary/aromatic N) is 4. The van der Waals surface area contributed by atoms with E-state index in [-0.39, 0.29) is 18.6 Å². The normalized spacial score (nSPS) is 22.1. The smallest absolute Gasteiger partial charge is 0.231 e. The van der Waals surface area contributed by atoms with E-state index < -0.39 is 0 Å². The van der Waals surface area contributed by atoms with Crippen LogP contribution in [0.15, 0.2) is 12.3 Å². The molecule has 1 aromatic heterocycles. The number of nitrogens with two attached hydrogens (primary N) is 1. The van der Waals surface area contributed by atoms with Gasteiger partial charge in [0.25, 0.3) is 0 Å². The van der Waals surface area contributed by atoms with Crippen LogP contribution >= 0.6 is 0 Å². The van der Waals surface area contributed by atoms with Crippen LogP contribution in [0.5, 0.6) is 0 Å². The van der Waals surface area contributed by atoms with Gasteiger partial charge in [0.05, 0.1) is 19.3 Å². The Morgan fingerprint density at radius 1 is 1.55 bits per heavy atom. The van der Waals surface area contributed by atoms with Crippen LogP contribution in [0.1, 0.15) is 24.6 Å². The molecular formula is C15H23N5O2. The van der Waals surface area contributed by atoms with Gasteiger partial charge in [-0.1, -0.05) is 0 Å². The molecule has 1 aromatic rings. The van der Waals surface area contributed by atoms with Gasteiger partial charge >= 0.3 is 0 Å². The molecule has 1 unspecified atom stereocenters. The van der Waals surface area contributed by atoms with Crippen molar-refractivity contribution in [1.29, 1.82) is 0 Å². The van der Waals surface area contributed by atoms with E-state index in [1.165, 1.54) is 12.8 Å². The van der Waals surface area contributed by atoms with Crippen molar-refractivity contribution >= 4 is 11.7 Å². The first-order chi connectivity index (χ1) is 10.6. The third-order valence-corrected chi connectivity index (χ3v) is 4.01. The molecule has 3 rings (SSSR count). The van der Waals surface area contributed by atoms with Gasteiger partial charge in [0.2, 0.25) is 5.91 Å². The minimum atomic E-state index is -0.319. The molecule has 0 radical (unpaired) electrons. The SMILES string of the molecule is CN(CC(N)=O)CC1CN(c2ccnc(C3CC3)n2)CCO1. The maximum Gasteiger partial charge on any atom is 0.231 e. The Bertz CT molecular complexity index is 534. The number of carbonyl (C=O) groups is 1. The summed E-state index contributed by atoms with van der Waals surface area (Å²) < 4.78 is 5.79. The predicted molar refractivity (Wildman–Crippen MR) is 82.7 cm³/mol. The van der Waals surface area contributed by atoms with Gasteiger partial charge in [-0.15, -0.1) is 0 Å². The lowest BCUT2D eigenvalue weighted by molar-refractivity contribution is -0.119. The largest absolute Gasteiger partial charge is 0.373 e. The van der Waals surface area contributed by atoms with Crippen LogP contribution in [0.25, 0.3) is 0 Å². The highest BCUT2D eigenvalue weighted by Gasteiger charge is 2.28. The number of hydrogen-bond donors (Lipinski definition) is 1. The lowest BCUT2D eigenvalue weighted by atomic mass is 10.2. The number of ether oxygens (including phenoxy) is 1. The standard InChI is InChI=1S/C15H23N5O2/c1-19(10-13(16)21)8-12-9-20(6-7-22-12)14-4-5-17-15(18-14)11-2-3-11/h4-5,11-12H,2-3,6-10H2,1H3,(H2,16,21).